The van der Waals surface area contributed by atoms with Crippen LogP contribution in [-0.4, -0.2) is 39.1 Å². The zero-order valence-corrected chi connectivity index (χ0v) is 13.1. The molecule has 0 saturated heterocycles. The van der Waals surface area contributed by atoms with Crippen LogP contribution >= 0.6 is 0 Å². The predicted octanol–water partition coefficient (Wildman–Crippen LogP) is -3.85. The van der Waals surface area contributed by atoms with Crippen LogP contribution in [0.3, 0.4) is 0 Å². The van der Waals surface area contributed by atoms with Gasteiger partial charge in [0.25, 0.3) is 0 Å². The predicted molar refractivity (Wildman–Crippen MR) is 54.4 cm³/mol. The van der Waals surface area contributed by atoms with Crippen molar-refractivity contribution in [3.8, 4) is 0 Å². The zero-order valence-electron chi connectivity index (χ0n) is 11.1. The number of carbonyl (C=O) groups excluding carboxylic acids is 3. The molecule has 8 heteroatoms. The van der Waals surface area contributed by atoms with E-state index in [1.54, 1.807) is 0 Å². The van der Waals surface area contributed by atoms with Gasteiger partial charge in [0.15, 0.2) is 0 Å². The Morgan fingerprint density at radius 3 is 1.78 bits per heavy atom. The Morgan fingerprint density at radius 1 is 1.06 bits per heavy atom. The van der Waals surface area contributed by atoms with Gasteiger partial charge in [0, 0.05) is 6.08 Å². The quantitative estimate of drug-likeness (QED) is 0.169. The second-order valence-corrected chi connectivity index (χ2v) is 2.65. The summed E-state index contributed by atoms with van der Waals surface area (Å²) in [5.74, 6) is -2.06. The molecule has 0 rings (SSSR count). The Hall–Kier alpha value is -1.05. The van der Waals surface area contributed by atoms with E-state index < -0.39 is 17.9 Å². The van der Waals surface area contributed by atoms with E-state index in [1.165, 1.54) is 28.3 Å². The average Bonchev–Trinajstić information content (AvgIpc) is 2.28. The Labute approximate surface area is 127 Å². The number of ketones is 1. The van der Waals surface area contributed by atoms with Gasteiger partial charge in [0.1, 0.15) is 12.2 Å². The van der Waals surface area contributed by atoms with Gasteiger partial charge >= 0.3 is 41.5 Å². The minimum Gasteiger partial charge on any atom is -0.616 e. The summed E-state index contributed by atoms with van der Waals surface area (Å²) < 4.78 is 12.5. The topological polar surface area (TPSA) is 102 Å². The van der Waals surface area contributed by atoms with Gasteiger partial charge in [-0.3, -0.25) is 9.59 Å². The summed E-state index contributed by atoms with van der Waals surface area (Å²) in [6.45, 7) is 1.34. The first-order valence-corrected chi connectivity index (χ1v) is 4.44. The molecule has 0 aliphatic rings. The van der Waals surface area contributed by atoms with Crippen molar-refractivity contribution in [1.29, 1.82) is 0 Å². The van der Waals surface area contributed by atoms with Gasteiger partial charge in [-0.05, 0) is 14.0 Å². The van der Waals surface area contributed by atoms with Crippen LogP contribution in [0.25, 0.3) is 0 Å². The van der Waals surface area contributed by atoms with Crippen LogP contribution in [0, 0.1) is 0 Å². The van der Waals surface area contributed by atoms with Crippen LogP contribution < -0.4 is 34.7 Å². The van der Waals surface area contributed by atoms with E-state index >= 15 is 0 Å². The first-order chi connectivity index (χ1) is 7.87. The van der Waals surface area contributed by atoms with Crippen molar-refractivity contribution >= 4 is 17.7 Å². The molecule has 0 aliphatic heterocycles. The summed E-state index contributed by atoms with van der Waals surface area (Å²) >= 11 is 0. The van der Waals surface area contributed by atoms with E-state index in [-0.39, 0.29) is 41.8 Å². The number of methoxy groups -OCH3 is 3. The Balaban J connectivity index is -0.000000238. The molecule has 0 bridgehead atoms. The summed E-state index contributed by atoms with van der Waals surface area (Å²) in [7, 11) is 3.62. The number of carbonyl (C=O) groups is 3. The molecule has 0 aromatic carbocycles. The second kappa shape index (κ2) is 14.0. The molecule has 0 spiro atoms. The summed E-state index contributed by atoms with van der Waals surface area (Å²) in [5.41, 5.74) is 0. The number of hydrogen-bond acceptors (Lipinski definition) is 7. The Kier molecular flexibility index (Phi) is 17.3. The number of ether oxygens (including phenoxy) is 3. The fourth-order valence-corrected chi connectivity index (χ4v) is 0.490. The van der Waals surface area contributed by atoms with Crippen molar-refractivity contribution in [2.24, 2.45) is 0 Å². The third kappa shape index (κ3) is 17.3. The summed E-state index contributed by atoms with van der Waals surface area (Å²) in [4.78, 5) is 30.5. The van der Waals surface area contributed by atoms with Crippen LogP contribution in [0.5, 0.6) is 0 Å². The van der Waals surface area contributed by atoms with Crippen LogP contribution in [0.15, 0.2) is 12.0 Å². The van der Waals surface area contributed by atoms with Gasteiger partial charge < -0.3 is 19.3 Å². The minimum absolute atomic E-state index is 0. The third-order valence-corrected chi connectivity index (χ3v) is 1.26. The largest absolute Gasteiger partial charge is 1.00 e. The molecule has 7 nitrogen and oxygen atoms in total. The number of hydrogen-bond donors (Lipinski definition) is 0. The Morgan fingerprint density at radius 2 is 1.56 bits per heavy atom. The van der Waals surface area contributed by atoms with Gasteiger partial charge in [-0.2, -0.15) is 0 Å². The number of Topliss-reactive ketones (excluding diaryl/α,β-unsaturated/α-hetero) is 1. The number of esters is 2. The van der Waals surface area contributed by atoms with Gasteiger partial charge in [-0.25, -0.2) is 4.79 Å². The molecular weight excluding hydrogens is 255 g/mol. The molecular formula is C10H15NaO7. The summed E-state index contributed by atoms with van der Waals surface area (Å²) in [5, 5.41) is 10.2. The molecule has 0 fully saturated rings. The van der Waals surface area contributed by atoms with Crippen LogP contribution in [-0.2, 0) is 28.6 Å². The van der Waals surface area contributed by atoms with Gasteiger partial charge in [0.2, 0.25) is 0 Å². The average molecular weight is 270 g/mol. The second-order valence-electron chi connectivity index (χ2n) is 2.65. The Bertz CT molecular complexity index is 299. The van der Waals surface area contributed by atoms with Crippen molar-refractivity contribution < 1.29 is 63.3 Å². The number of rotatable bonds is 4. The fourth-order valence-electron chi connectivity index (χ4n) is 0.490. The van der Waals surface area contributed by atoms with Crippen molar-refractivity contribution in [3.63, 3.8) is 0 Å². The normalized spacial score (nSPS) is 9.00. The third-order valence-electron chi connectivity index (χ3n) is 1.26. The molecule has 0 aromatic heterocycles. The van der Waals surface area contributed by atoms with Gasteiger partial charge in [-0.15, -0.1) is 0 Å². The maximum absolute atomic E-state index is 10.2. The molecule has 0 atom stereocenters. The van der Waals surface area contributed by atoms with E-state index in [0.29, 0.717) is 0 Å². The van der Waals surface area contributed by atoms with E-state index in [9.17, 15) is 19.5 Å². The maximum Gasteiger partial charge on any atom is 1.00 e. The van der Waals surface area contributed by atoms with Crippen molar-refractivity contribution in [2.75, 3.05) is 21.3 Å². The molecule has 0 saturated carbocycles. The minimum atomic E-state index is -0.707. The first-order valence-electron chi connectivity index (χ1n) is 4.44. The smallest absolute Gasteiger partial charge is 0.616 e. The van der Waals surface area contributed by atoms with Crippen molar-refractivity contribution in [3.05, 3.63) is 12.0 Å². The summed E-state index contributed by atoms with van der Waals surface area (Å²) in [6, 6.07) is 0. The monoisotopic (exact) mass is 270 g/mol. The van der Waals surface area contributed by atoms with Crippen molar-refractivity contribution in [2.45, 2.75) is 13.3 Å². The SMILES string of the molecule is COC(=O)/C=C(\[O-])OC.COC(=O)CC(C)=O.[Na+]. The van der Waals surface area contributed by atoms with Crippen LogP contribution in [0.4, 0.5) is 0 Å². The van der Waals surface area contributed by atoms with Crippen molar-refractivity contribution in [1.82, 2.24) is 0 Å². The van der Waals surface area contributed by atoms with E-state index in [4.69, 9.17) is 0 Å². The molecule has 0 aromatic rings. The molecule has 0 radical (unpaired) electrons. The van der Waals surface area contributed by atoms with E-state index in [1.807, 2.05) is 0 Å². The summed E-state index contributed by atoms with van der Waals surface area (Å²) in [6.07, 6.45) is 0.608. The standard InChI is InChI=1S/C5H8O4.C5H8O3.Na/c1-8-4(6)3-5(7)9-2;1-4(6)3-5(7)8-2;/h3,6H,1-2H3;3H2,1-2H3;/q;;+1/p-1/b4-3+;;. The van der Waals surface area contributed by atoms with Gasteiger partial charge in [-0.1, -0.05) is 0 Å². The maximum atomic E-state index is 10.2. The molecule has 0 N–H and O–H groups in total. The van der Waals surface area contributed by atoms with Crippen LogP contribution in [0.1, 0.15) is 13.3 Å². The van der Waals surface area contributed by atoms with Gasteiger partial charge in [0.05, 0.1) is 20.2 Å². The molecule has 98 valence electrons. The first kappa shape index (κ1) is 22.2. The van der Waals surface area contributed by atoms with E-state index in [0.717, 1.165) is 6.08 Å². The van der Waals surface area contributed by atoms with E-state index in [2.05, 4.69) is 14.2 Å². The molecule has 0 aliphatic carbocycles. The molecule has 0 unspecified atom stereocenters. The zero-order chi connectivity index (χ0) is 13.8. The van der Waals surface area contributed by atoms with Crippen LogP contribution in [0.2, 0.25) is 0 Å². The fraction of sp³-hybridized carbons (Fsp3) is 0.500. The molecule has 0 amide bonds. The molecule has 18 heavy (non-hydrogen) atoms. The molecule has 0 heterocycles.